The molecule has 0 radical (unpaired) electrons. The SMILES string of the molecule is C[C@H]1C(=O)N(c2ccccc2Cl)CCN1C(=O)c1ccccc1F. The fraction of sp³-hybridized carbons (Fsp3) is 0.222. The van der Waals surface area contributed by atoms with Crippen LogP contribution < -0.4 is 4.90 Å². The van der Waals surface area contributed by atoms with Gasteiger partial charge in [-0.3, -0.25) is 9.59 Å². The molecular weight excluding hydrogens is 331 g/mol. The van der Waals surface area contributed by atoms with Crippen molar-refractivity contribution in [1.82, 2.24) is 4.90 Å². The number of amides is 2. The van der Waals surface area contributed by atoms with Crippen LogP contribution in [0.4, 0.5) is 10.1 Å². The smallest absolute Gasteiger partial charge is 0.257 e. The number of carbonyl (C=O) groups excluding carboxylic acids is 2. The van der Waals surface area contributed by atoms with Gasteiger partial charge in [-0.1, -0.05) is 35.9 Å². The van der Waals surface area contributed by atoms with E-state index in [2.05, 4.69) is 0 Å². The third kappa shape index (κ3) is 2.87. The van der Waals surface area contributed by atoms with E-state index in [9.17, 15) is 14.0 Å². The quantitative estimate of drug-likeness (QED) is 0.836. The Kier molecular flexibility index (Phi) is 4.53. The number of hydrogen-bond donors (Lipinski definition) is 0. The van der Waals surface area contributed by atoms with Gasteiger partial charge in [0.05, 0.1) is 16.3 Å². The monoisotopic (exact) mass is 346 g/mol. The van der Waals surface area contributed by atoms with E-state index in [1.165, 1.54) is 23.1 Å². The Morgan fingerprint density at radius 3 is 2.50 bits per heavy atom. The molecule has 2 amide bonds. The predicted octanol–water partition coefficient (Wildman–Crippen LogP) is 3.36. The van der Waals surface area contributed by atoms with Crippen LogP contribution in [0.15, 0.2) is 48.5 Å². The van der Waals surface area contributed by atoms with E-state index in [0.717, 1.165) is 0 Å². The van der Waals surface area contributed by atoms with Crippen molar-refractivity contribution in [2.24, 2.45) is 0 Å². The molecular formula is C18H16ClFN2O2. The highest BCUT2D eigenvalue weighted by molar-refractivity contribution is 6.33. The topological polar surface area (TPSA) is 40.6 Å². The summed E-state index contributed by atoms with van der Waals surface area (Å²) in [5.74, 6) is -1.30. The lowest BCUT2D eigenvalue weighted by atomic mass is 10.1. The number of nitrogens with zero attached hydrogens (tertiary/aromatic N) is 2. The molecule has 0 aliphatic carbocycles. The molecule has 0 unspecified atom stereocenters. The Morgan fingerprint density at radius 1 is 1.12 bits per heavy atom. The van der Waals surface area contributed by atoms with Crippen LogP contribution in [-0.4, -0.2) is 35.8 Å². The molecule has 0 spiro atoms. The number of hydrogen-bond acceptors (Lipinski definition) is 2. The third-order valence-electron chi connectivity index (χ3n) is 4.16. The molecule has 1 fully saturated rings. The van der Waals surface area contributed by atoms with Crippen molar-refractivity contribution in [1.29, 1.82) is 0 Å². The molecule has 1 atom stereocenters. The van der Waals surface area contributed by atoms with Crippen LogP contribution in [0.5, 0.6) is 0 Å². The van der Waals surface area contributed by atoms with Crippen LogP contribution in [0.1, 0.15) is 17.3 Å². The Labute approximate surface area is 144 Å². The zero-order valence-electron chi connectivity index (χ0n) is 13.1. The Bertz CT molecular complexity index is 796. The first-order valence-electron chi connectivity index (χ1n) is 7.62. The summed E-state index contributed by atoms with van der Waals surface area (Å²) in [6.07, 6.45) is 0. The van der Waals surface area contributed by atoms with Crippen molar-refractivity contribution in [3.8, 4) is 0 Å². The van der Waals surface area contributed by atoms with Gasteiger partial charge in [0.1, 0.15) is 11.9 Å². The molecule has 1 saturated heterocycles. The number of para-hydroxylation sites is 1. The van der Waals surface area contributed by atoms with E-state index in [1.54, 1.807) is 42.2 Å². The van der Waals surface area contributed by atoms with Crippen molar-refractivity contribution < 1.29 is 14.0 Å². The van der Waals surface area contributed by atoms with Crippen LogP contribution >= 0.6 is 11.6 Å². The summed E-state index contributed by atoms with van der Waals surface area (Å²) >= 11 is 6.16. The molecule has 0 bridgehead atoms. The number of halogens is 2. The number of piperazine rings is 1. The maximum absolute atomic E-state index is 13.9. The van der Waals surface area contributed by atoms with Crippen LogP contribution in [-0.2, 0) is 4.79 Å². The summed E-state index contributed by atoms with van der Waals surface area (Å²) in [5, 5.41) is 0.479. The van der Waals surface area contributed by atoms with E-state index >= 15 is 0 Å². The fourth-order valence-electron chi connectivity index (χ4n) is 2.85. The van der Waals surface area contributed by atoms with Crippen LogP contribution in [0.25, 0.3) is 0 Å². The Balaban J connectivity index is 1.84. The molecule has 1 aliphatic rings. The summed E-state index contributed by atoms with van der Waals surface area (Å²) in [4.78, 5) is 28.2. The standard InChI is InChI=1S/C18H16ClFN2O2/c1-12-17(23)22(16-9-5-3-7-14(16)19)11-10-21(12)18(24)13-6-2-4-8-15(13)20/h2-9,12H,10-11H2,1H3/t12-/m0/s1. The van der Waals surface area contributed by atoms with Gasteiger partial charge in [0, 0.05) is 13.1 Å². The van der Waals surface area contributed by atoms with E-state index < -0.39 is 17.8 Å². The minimum Gasteiger partial charge on any atom is -0.325 e. The largest absolute Gasteiger partial charge is 0.325 e. The number of benzene rings is 2. The van der Waals surface area contributed by atoms with Gasteiger partial charge in [0.2, 0.25) is 5.91 Å². The normalized spacial score (nSPS) is 18.0. The highest BCUT2D eigenvalue weighted by Gasteiger charge is 2.36. The molecule has 124 valence electrons. The zero-order valence-corrected chi connectivity index (χ0v) is 13.8. The molecule has 3 rings (SSSR count). The van der Waals surface area contributed by atoms with Crippen LogP contribution in [0.2, 0.25) is 5.02 Å². The van der Waals surface area contributed by atoms with Gasteiger partial charge in [-0.15, -0.1) is 0 Å². The minimum atomic E-state index is -0.692. The molecule has 6 heteroatoms. The average Bonchev–Trinajstić information content (AvgIpc) is 2.58. The lowest BCUT2D eigenvalue weighted by Crippen LogP contribution is -2.58. The Hall–Kier alpha value is -2.40. The maximum Gasteiger partial charge on any atom is 0.257 e. The van der Waals surface area contributed by atoms with Crippen LogP contribution in [0, 0.1) is 5.82 Å². The number of anilines is 1. The lowest BCUT2D eigenvalue weighted by molar-refractivity contribution is -0.124. The first kappa shape index (κ1) is 16.5. The van der Waals surface area contributed by atoms with Crippen molar-refractivity contribution in [3.63, 3.8) is 0 Å². The average molecular weight is 347 g/mol. The second-order valence-electron chi connectivity index (χ2n) is 5.60. The molecule has 1 aliphatic heterocycles. The number of carbonyl (C=O) groups is 2. The molecule has 4 nitrogen and oxygen atoms in total. The predicted molar refractivity (Wildman–Crippen MR) is 90.7 cm³/mol. The van der Waals surface area contributed by atoms with Crippen molar-refractivity contribution in [2.75, 3.05) is 18.0 Å². The van der Waals surface area contributed by atoms with Crippen molar-refractivity contribution in [3.05, 3.63) is 64.9 Å². The van der Waals surface area contributed by atoms with Crippen molar-refractivity contribution >= 4 is 29.1 Å². The molecule has 2 aromatic rings. The lowest BCUT2D eigenvalue weighted by Gasteiger charge is -2.39. The van der Waals surface area contributed by atoms with Gasteiger partial charge in [0.25, 0.3) is 5.91 Å². The van der Waals surface area contributed by atoms with Gasteiger partial charge in [-0.05, 0) is 31.2 Å². The van der Waals surface area contributed by atoms with E-state index in [-0.39, 0.29) is 11.5 Å². The second kappa shape index (κ2) is 6.61. The first-order chi connectivity index (χ1) is 11.5. The fourth-order valence-corrected chi connectivity index (χ4v) is 3.08. The summed E-state index contributed by atoms with van der Waals surface area (Å²) < 4.78 is 13.9. The summed E-state index contributed by atoms with van der Waals surface area (Å²) in [6, 6.07) is 12.2. The molecule has 0 aromatic heterocycles. The van der Waals surface area contributed by atoms with E-state index in [1.807, 2.05) is 0 Å². The molecule has 24 heavy (non-hydrogen) atoms. The summed E-state index contributed by atoms with van der Waals surface area (Å²) in [6.45, 7) is 2.27. The van der Waals surface area contributed by atoms with Gasteiger partial charge in [-0.25, -0.2) is 4.39 Å². The molecule has 2 aromatic carbocycles. The summed E-state index contributed by atoms with van der Waals surface area (Å²) in [7, 11) is 0. The highest BCUT2D eigenvalue weighted by atomic mass is 35.5. The molecule has 1 heterocycles. The van der Waals surface area contributed by atoms with Gasteiger partial charge in [-0.2, -0.15) is 0 Å². The van der Waals surface area contributed by atoms with Crippen LogP contribution in [0.3, 0.4) is 0 Å². The zero-order chi connectivity index (χ0) is 17.3. The van der Waals surface area contributed by atoms with E-state index in [0.29, 0.717) is 23.8 Å². The number of rotatable bonds is 2. The molecule has 0 saturated carbocycles. The molecule has 0 N–H and O–H groups in total. The first-order valence-corrected chi connectivity index (χ1v) is 8.00. The van der Waals surface area contributed by atoms with E-state index in [4.69, 9.17) is 11.6 Å². The maximum atomic E-state index is 13.9. The van der Waals surface area contributed by atoms with Gasteiger partial charge >= 0.3 is 0 Å². The summed E-state index contributed by atoms with van der Waals surface area (Å²) in [5.41, 5.74) is 0.595. The minimum absolute atomic E-state index is 0.0247. The highest BCUT2D eigenvalue weighted by Crippen LogP contribution is 2.28. The third-order valence-corrected chi connectivity index (χ3v) is 4.48. The van der Waals surface area contributed by atoms with Gasteiger partial charge < -0.3 is 9.80 Å². The Morgan fingerprint density at radius 2 is 1.79 bits per heavy atom. The van der Waals surface area contributed by atoms with Crippen molar-refractivity contribution in [2.45, 2.75) is 13.0 Å². The van der Waals surface area contributed by atoms with Gasteiger partial charge in [0.15, 0.2) is 0 Å². The second-order valence-corrected chi connectivity index (χ2v) is 6.00.